The van der Waals surface area contributed by atoms with E-state index in [0.717, 1.165) is 4.90 Å². The summed E-state index contributed by atoms with van der Waals surface area (Å²) in [5.74, 6) is -0.945. The predicted octanol–water partition coefficient (Wildman–Crippen LogP) is 2.33. The molecule has 5 heteroatoms. The molecule has 16 heavy (non-hydrogen) atoms. The maximum absolute atomic E-state index is 11.0. The van der Waals surface area contributed by atoms with Crippen molar-refractivity contribution >= 4 is 17.7 Å². The van der Waals surface area contributed by atoms with E-state index >= 15 is 0 Å². The Morgan fingerprint density at radius 2 is 1.81 bits per heavy atom. The fraction of sp³-hybridized carbons (Fsp3) is 0. The van der Waals surface area contributed by atoms with Gasteiger partial charge in [-0.2, -0.15) is 0 Å². The largest absolute Gasteiger partial charge is 0.478 e. The van der Waals surface area contributed by atoms with E-state index in [4.69, 9.17) is 5.11 Å². The van der Waals surface area contributed by atoms with Crippen LogP contribution in [0.4, 0.5) is 0 Å². The van der Waals surface area contributed by atoms with E-state index in [-0.39, 0.29) is 5.56 Å². The van der Waals surface area contributed by atoms with Crippen LogP contribution in [0.3, 0.4) is 0 Å². The fourth-order valence-electron chi connectivity index (χ4n) is 1.17. The van der Waals surface area contributed by atoms with Gasteiger partial charge in [0, 0.05) is 34.6 Å². The predicted molar refractivity (Wildman–Crippen MR) is 59.6 cm³/mol. The second-order valence-electron chi connectivity index (χ2n) is 2.96. The molecule has 2 rings (SSSR count). The Hall–Kier alpha value is -1.88. The highest BCUT2D eigenvalue weighted by Gasteiger charge is 2.10. The Bertz CT molecular complexity index is 502. The number of carboxylic acid groups (broad SMARTS) is 1. The van der Waals surface area contributed by atoms with E-state index in [9.17, 15) is 4.79 Å². The van der Waals surface area contributed by atoms with E-state index in [1.165, 1.54) is 24.0 Å². The van der Waals surface area contributed by atoms with Gasteiger partial charge in [0.25, 0.3) is 0 Å². The molecule has 0 saturated heterocycles. The summed E-state index contributed by atoms with van der Waals surface area (Å²) in [5.41, 5.74) is 0.261. The third-order valence-corrected chi connectivity index (χ3v) is 2.95. The number of hydrogen-bond donors (Lipinski definition) is 1. The molecular formula is C11H8N2O2S. The number of carboxylic acids is 1. The molecule has 2 aromatic rings. The zero-order valence-electron chi connectivity index (χ0n) is 8.20. The number of carbonyl (C=O) groups is 1. The van der Waals surface area contributed by atoms with Gasteiger partial charge in [0.15, 0.2) is 0 Å². The lowest BCUT2D eigenvalue weighted by molar-refractivity contribution is 0.0693. The van der Waals surface area contributed by atoms with Gasteiger partial charge in [0.1, 0.15) is 0 Å². The summed E-state index contributed by atoms with van der Waals surface area (Å²) >= 11 is 1.36. The second-order valence-corrected chi connectivity index (χ2v) is 4.08. The molecular weight excluding hydrogens is 224 g/mol. The van der Waals surface area contributed by atoms with Gasteiger partial charge in [0.2, 0.25) is 0 Å². The smallest absolute Gasteiger partial charge is 0.336 e. The first-order chi connectivity index (χ1) is 7.77. The Labute approximate surface area is 96.4 Å². The Morgan fingerprint density at radius 3 is 2.50 bits per heavy atom. The highest BCUT2D eigenvalue weighted by atomic mass is 32.2. The van der Waals surface area contributed by atoms with Crippen LogP contribution >= 0.6 is 11.8 Å². The van der Waals surface area contributed by atoms with E-state index in [2.05, 4.69) is 9.97 Å². The van der Waals surface area contributed by atoms with Crippen molar-refractivity contribution in [1.29, 1.82) is 0 Å². The van der Waals surface area contributed by atoms with E-state index < -0.39 is 5.97 Å². The maximum Gasteiger partial charge on any atom is 0.336 e. The highest BCUT2D eigenvalue weighted by molar-refractivity contribution is 7.99. The van der Waals surface area contributed by atoms with Crippen molar-refractivity contribution in [2.45, 2.75) is 9.79 Å². The van der Waals surface area contributed by atoms with Crippen LogP contribution < -0.4 is 0 Å². The molecule has 0 aromatic carbocycles. The molecule has 0 atom stereocenters. The first kappa shape index (κ1) is 10.6. The zero-order chi connectivity index (χ0) is 11.4. The van der Waals surface area contributed by atoms with Gasteiger partial charge in [-0.3, -0.25) is 9.97 Å². The van der Waals surface area contributed by atoms with Crippen LogP contribution in [0.1, 0.15) is 10.4 Å². The number of rotatable bonds is 3. The average Bonchev–Trinajstić information content (AvgIpc) is 2.31. The highest BCUT2D eigenvalue weighted by Crippen LogP contribution is 2.29. The summed E-state index contributed by atoms with van der Waals surface area (Å²) in [6.07, 6.45) is 6.35. The lowest BCUT2D eigenvalue weighted by atomic mass is 10.3. The summed E-state index contributed by atoms with van der Waals surface area (Å²) in [7, 11) is 0. The molecule has 0 bridgehead atoms. The third-order valence-electron chi connectivity index (χ3n) is 1.89. The van der Waals surface area contributed by atoms with Gasteiger partial charge in [-0.25, -0.2) is 4.79 Å². The van der Waals surface area contributed by atoms with Gasteiger partial charge in [-0.15, -0.1) is 0 Å². The lowest BCUT2D eigenvalue weighted by Crippen LogP contribution is -1.98. The summed E-state index contributed by atoms with van der Waals surface area (Å²) < 4.78 is 0. The molecule has 0 spiro atoms. The summed E-state index contributed by atoms with van der Waals surface area (Å²) in [4.78, 5) is 20.3. The molecule has 0 aliphatic heterocycles. The lowest BCUT2D eigenvalue weighted by Gasteiger charge is -2.03. The molecule has 2 heterocycles. The van der Waals surface area contributed by atoms with E-state index in [1.54, 1.807) is 18.6 Å². The zero-order valence-corrected chi connectivity index (χ0v) is 9.02. The van der Waals surface area contributed by atoms with Crippen molar-refractivity contribution < 1.29 is 9.90 Å². The second kappa shape index (κ2) is 4.76. The Kier molecular flexibility index (Phi) is 3.16. The monoisotopic (exact) mass is 232 g/mol. The molecule has 0 saturated carbocycles. The van der Waals surface area contributed by atoms with Gasteiger partial charge in [0.05, 0.1) is 5.56 Å². The average molecular weight is 232 g/mol. The summed E-state index contributed by atoms with van der Waals surface area (Å²) in [6, 6.07) is 5.14. The van der Waals surface area contributed by atoms with E-state index in [1.807, 2.05) is 12.1 Å². The van der Waals surface area contributed by atoms with Gasteiger partial charge < -0.3 is 5.11 Å². The molecule has 0 aliphatic rings. The van der Waals surface area contributed by atoms with Crippen LogP contribution in [0.15, 0.2) is 52.8 Å². The van der Waals surface area contributed by atoms with Gasteiger partial charge >= 0.3 is 5.97 Å². The first-order valence-electron chi connectivity index (χ1n) is 4.52. The molecule has 4 nitrogen and oxygen atoms in total. The molecule has 80 valence electrons. The Balaban J connectivity index is 2.31. The third kappa shape index (κ3) is 2.38. The quantitative estimate of drug-likeness (QED) is 0.879. The normalized spacial score (nSPS) is 10.0. The molecule has 0 aliphatic carbocycles. The van der Waals surface area contributed by atoms with Gasteiger partial charge in [-0.1, -0.05) is 11.8 Å². The summed E-state index contributed by atoms with van der Waals surface area (Å²) in [6.45, 7) is 0. The van der Waals surface area contributed by atoms with Crippen LogP contribution in [-0.2, 0) is 0 Å². The van der Waals surface area contributed by atoms with Crippen LogP contribution in [0, 0.1) is 0 Å². The van der Waals surface area contributed by atoms with Crippen LogP contribution in [0.2, 0.25) is 0 Å². The molecule has 1 N–H and O–H groups in total. The SMILES string of the molecule is O=C(O)c1ccncc1Sc1ccncc1. The Morgan fingerprint density at radius 1 is 1.12 bits per heavy atom. The molecule has 0 radical (unpaired) electrons. The fourth-order valence-corrected chi connectivity index (χ4v) is 2.06. The summed E-state index contributed by atoms with van der Waals surface area (Å²) in [5, 5.41) is 8.99. The van der Waals surface area contributed by atoms with Crippen molar-refractivity contribution in [3.63, 3.8) is 0 Å². The molecule has 2 aromatic heterocycles. The standard InChI is InChI=1S/C11H8N2O2S/c14-11(15)9-3-6-13-7-10(9)16-8-1-4-12-5-2-8/h1-7H,(H,14,15). The minimum Gasteiger partial charge on any atom is -0.478 e. The minimum atomic E-state index is -0.945. The number of nitrogens with zero attached hydrogens (tertiary/aromatic N) is 2. The molecule has 0 fully saturated rings. The van der Waals surface area contributed by atoms with Crippen molar-refractivity contribution in [3.8, 4) is 0 Å². The van der Waals surface area contributed by atoms with Crippen LogP contribution in [-0.4, -0.2) is 21.0 Å². The molecule has 0 amide bonds. The minimum absolute atomic E-state index is 0.261. The first-order valence-corrected chi connectivity index (χ1v) is 5.34. The van der Waals surface area contributed by atoms with Crippen LogP contribution in [0.25, 0.3) is 0 Å². The van der Waals surface area contributed by atoms with Crippen LogP contribution in [0.5, 0.6) is 0 Å². The number of pyridine rings is 2. The topological polar surface area (TPSA) is 63.1 Å². The van der Waals surface area contributed by atoms with Gasteiger partial charge in [-0.05, 0) is 18.2 Å². The van der Waals surface area contributed by atoms with Crippen molar-refractivity contribution in [3.05, 3.63) is 48.5 Å². The van der Waals surface area contributed by atoms with Crippen molar-refractivity contribution in [2.75, 3.05) is 0 Å². The number of hydrogen-bond acceptors (Lipinski definition) is 4. The number of aromatic carboxylic acids is 1. The van der Waals surface area contributed by atoms with Crippen molar-refractivity contribution in [2.24, 2.45) is 0 Å². The number of aromatic nitrogens is 2. The molecule has 0 unspecified atom stereocenters. The maximum atomic E-state index is 11.0. The van der Waals surface area contributed by atoms with E-state index in [0.29, 0.717) is 4.90 Å². The van der Waals surface area contributed by atoms with Crippen molar-refractivity contribution in [1.82, 2.24) is 9.97 Å².